The SMILES string of the molecule is CC1=CCCc2cc(Br)ccc21. The van der Waals surface area contributed by atoms with Crippen LogP contribution < -0.4 is 0 Å². The second-order valence-electron chi connectivity index (χ2n) is 3.23. The van der Waals surface area contributed by atoms with Crippen molar-refractivity contribution >= 4 is 21.5 Å². The fourth-order valence-corrected chi connectivity index (χ4v) is 2.12. The van der Waals surface area contributed by atoms with Gasteiger partial charge >= 0.3 is 0 Å². The van der Waals surface area contributed by atoms with Gasteiger partial charge in [0.05, 0.1) is 0 Å². The van der Waals surface area contributed by atoms with E-state index < -0.39 is 0 Å². The first-order valence-electron chi connectivity index (χ1n) is 4.23. The molecule has 1 heteroatoms. The van der Waals surface area contributed by atoms with Crippen molar-refractivity contribution in [1.29, 1.82) is 0 Å². The normalized spacial score (nSPS) is 15.3. The Labute approximate surface area is 81.4 Å². The van der Waals surface area contributed by atoms with Crippen LogP contribution in [0.5, 0.6) is 0 Å². The number of hydrogen-bond donors (Lipinski definition) is 0. The highest BCUT2D eigenvalue weighted by atomic mass is 79.9. The first-order valence-corrected chi connectivity index (χ1v) is 5.02. The topological polar surface area (TPSA) is 0 Å². The van der Waals surface area contributed by atoms with Gasteiger partial charge in [0.15, 0.2) is 0 Å². The lowest BCUT2D eigenvalue weighted by atomic mass is 9.92. The van der Waals surface area contributed by atoms with Gasteiger partial charge in [-0.05, 0) is 48.6 Å². The predicted molar refractivity (Wildman–Crippen MR) is 56.1 cm³/mol. The molecule has 1 aromatic carbocycles. The Morgan fingerprint density at radius 1 is 1.33 bits per heavy atom. The van der Waals surface area contributed by atoms with Gasteiger partial charge in [-0.25, -0.2) is 0 Å². The van der Waals surface area contributed by atoms with Gasteiger partial charge in [0.25, 0.3) is 0 Å². The summed E-state index contributed by atoms with van der Waals surface area (Å²) in [6.45, 7) is 2.19. The van der Waals surface area contributed by atoms with Crippen molar-refractivity contribution in [3.63, 3.8) is 0 Å². The van der Waals surface area contributed by atoms with Gasteiger partial charge in [-0.2, -0.15) is 0 Å². The molecule has 0 atom stereocenters. The van der Waals surface area contributed by atoms with Crippen molar-refractivity contribution in [2.24, 2.45) is 0 Å². The van der Waals surface area contributed by atoms with Gasteiger partial charge in [0.2, 0.25) is 0 Å². The maximum Gasteiger partial charge on any atom is 0.0178 e. The average Bonchev–Trinajstić information content (AvgIpc) is 2.04. The van der Waals surface area contributed by atoms with Crippen LogP contribution in [0.1, 0.15) is 24.5 Å². The molecule has 0 saturated carbocycles. The molecule has 0 saturated heterocycles. The zero-order valence-electron chi connectivity index (χ0n) is 7.10. The first-order chi connectivity index (χ1) is 5.77. The average molecular weight is 223 g/mol. The van der Waals surface area contributed by atoms with Crippen molar-refractivity contribution in [3.8, 4) is 0 Å². The molecular formula is C11H11Br. The zero-order chi connectivity index (χ0) is 8.55. The standard InChI is InChI=1S/C11H11Br/c1-8-3-2-4-9-7-10(12)5-6-11(8)9/h3,5-7H,2,4H2,1H3. The van der Waals surface area contributed by atoms with E-state index in [1.165, 1.54) is 34.0 Å². The third-order valence-electron chi connectivity index (χ3n) is 2.36. The summed E-state index contributed by atoms with van der Waals surface area (Å²) in [7, 11) is 0. The number of fused-ring (bicyclic) bond motifs is 1. The Morgan fingerprint density at radius 3 is 3.00 bits per heavy atom. The molecule has 0 aliphatic heterocycles. The number of rotatable bonds is 0. The molecule has 0 aromatic heterocycles. The largest absolute Gasteiger partial charge is 0.0807 e. The van der Waals surface area contributed by atoms with E-state index in [0.717, 1.165) is 0 Å². The van der Waals surface area contributed by atoms with Crippen LogP contribution in [0.2, 0.25) is 0 Å². The van der Waals surface area contributed by atoms with Crippen LogP contribution >= 0.6 is 15.9 Å². The van der Waals surface area contributed by atoms with Gasteiger partial charge in [0.1, 0.15) is 0 Å². The van der Waals surface area contributed by atoms with E-state index in [2.05, 4.69) is 47.1 Å². The molecule has 0 fully saturated rings. The Balaban J connectivity index is 2.56. The van der Waals surface area contributed by atoms with Crippen LogP contribution in [-0.2, 0) is 6.42 Å². The highest BCUT2D eigenvalue weighted by molar-refractivity contribution is 9.10. The van der Waals surface area contributed by atoms with E-state index in [1.807, 2.05) is 0 Å². The summed E-state index contributed by atoms with van der Waals surface area (Å²) in [6.07, 6.45) is 4.69. The molecule has 1 aromatic rings. The van der Waals surface area contributed by atoms with E-state index in [0.29, 0.717) is 0 Å². The lowest BCUT2D eigenvalue weighted by Gasteiger charge is -2.14. The Morgan fingerprint density at radius 2 is 2.17 bits per heavy atom. The zero-order valence-corrected chi connectivity index (χ0v) is 8.69. The molecule has 0 spiro atoms. The van der Waals surface area contributed by atoms with Gasteiger partial charge < -0.3 is 0 Å². The second-order valence-corrected chi connectivity index (χ2v) is 4.14. The minimum Gasteiger partial charge on any atom is -0.0807 e. The summed E-state index contributed by atoms with van der Waals surface area (Å²) < 4.78 is 1.19. The maximum atomic E-state index is 3.49. The number of benzene rings is 1. The van der Waals surface area contributed by atoms with Crippen molar-refractivity contribution in [1.82, 2.24) is 0 Å². The van der Waals surface area contributed by atoms with Crippen molar-refractivity contribution in [3.05, 3.63) is 39.9 Å². The number of allylic oxidation sites excluding steroid dienone is 2. The van der Waals surface area contributed by atoms with Crippen molar-refractivity contribution < 1.29 is 0 Å². The number of aryl methyl sites for hydroxylation is 1. The Kier molecular flexibility index (Phi) is 2.05. The van der Waals surface area contributed by atoms with E-state index in [1.54, 1.807) is 0 Å². The minimum atomic E-state index is 1.19. The highest BCUT2D eigenvalue weighted by Gasteiger charge is 2.08. The summed E-state index contributed by atoms with van der Waals surface area (Å²) in [5, 5.41) is 0. The summed E-state index contributed by atoms with van der Waals surface area (Å²) >= 11 is 3.49. The summed E-state index contributed by atoms with van der Waals surface area (Å²) in [5.74, 6) is 0. The Hall–Kier alpha value is -0.560. The summed E-state index contributed by atoms with van der Waals surface area (Å²) in [4.78, 5) is 0. The van der Waals surface area contributed by atoms with Crippen LogP contribution in [-0.4, -0.2) is 0 Å². The predicted octanol–water partition coefficient (Wildman–Crippen LogP) is 3.80. The van der Waals surface area contributed by atoms with Crippen LogP contribution in [0, 0.1) is 0 Å². The molecule has 2 rings (SSSR count). The highest BCUT2D eigenvalue weighted by Crippen LogP contribution is 2.28. The molecule has 0 radical (unpaired) electrons. The number of halogens is 1. The lowest BCUT2D eigenvalue weighted by Crippen LogP contribution is -1.97. The molecule has 0 amide bonds. The molecule has 0 N–H and O–H groups in total. The van der Waals surface area contributed by atoms with Gasteiger partial charge in [-0.3, -0.25) is 0 Å². The third-order valence-corrected chi connectivity index (χ3v) is 2.85. The molecule has 62 valence electrons. The smallest absolute Gasteiger partial charge is 0.0178 e. The van der Waals surface area contributed by atoms with Crippen LogP contribution in [0.15, 0.2) is 28.7 Å². The monoisotopic (exact) mass is 222 g/mol. The van der Waals surface area contributed by atoms with Crippen LogP contribution in [0.4, 0.5) is 0 Å². The summed E-state index contributed by atoms with van der Waals surface area (Å²) in [6, 6.07) is 6.54. The molecule has 0 nitrogen and oxygen atoms in total. The van der Waals surface area contributed by atoms with E-state index in [-0.39, 0.29) is 0 Å². The van der Waals surface area contributed by atoms with Crippen molar-refractivity contribution in [2.75, 3.05) is 0 Å². The van der Waals surface area contributed by atoms with Crippen molar-refractivity contribution in [2.45, 2.75) is 19.8 Å². The minimum absolute atomic E-state index is 1.19. The molecule has 1 aliphatic carbocycles. The van der Waals surface area contributed by atoms with Crippen LogP contribution in [0.3, 0.4) is 0 Å². The molecule has 0 heterocycles. The lowest BCUT2D eigenvalue weighted by molar-refractivity contribution is 0.974. The van der Waals surface area contributed by atoms with E-state index >= 15 is 0 Å². The molecule has 0 unspecified atom stereocenters. The quantitative estimate of drug-likeness (QED) is 0.627. The third kappa shape index (κ3) is 1.34. The van der Waals surface area contributed by atoms with Gasteiger partial charge in [0, 0.05) is 4.47 Å². The van der Waals surface area contributed by atoms with Crippen LogP contribution in [0.25, 0.3) is 5.57 Å². The fourth-order valence-electron chi connectivity index (χ4n) is 1.71. The second kappa shape index (κ2) is 3.06. The fraction of sp³-hybridized carbons (Fsp3) is 0.273. The first kappa shape index (κ1) is 8.06. The maximum absolute atomic E-state index is 3.49. The molecule has 0 bridgehead atoms. The molecule has 1 aliphatic rings. The van der Waals surface area contributed by atoms with E-state index in [4.69, 9.17) is 0 Å². The van der Waals surface area contributed by atoms with Gasteiger partial charge in [-0.1, -0.05) is 28.1 Å². The van der Waals surface area contributed by atoms with Gasteiger partial charge in [-0.15, -0.1) is 0 Å². The van der Waals surface area contributed by atoms with E-state index in [9.17, 15) is 0 Å². The Bertz CT molecular complexity index is 337. The molecular weight excluding hydrogens is 212 g/mol. The summed E-state index contributed by atoms with van der Waals surface area (Å²) in [5.41, 5.74) is 4.32. The number of hydrogen-bond acceptors (Lipinski definition) is 0. The molecule has 12 heavy (non-hydrogen) atoms.